The van der Waals surface area contributed by atoms with Crippen LogP contribution in [0.5, 0.6) is 5.75 Å². The van der Waals surface area contributed by atoms with Gasteiger partial charge in [0.15, 0.2) is 0 Å². The second kappa shape index (κ2) is 9.59. The monoisotopic (exact) mass is 423 g/mol. The van der Waals surface area contributed by atoms with Crippen molar-refractivity contribution in [1.29, 1.82) is 5.26 Å². The minimum atomic E-state index is -4.53. The van der Waals surface area contributed by atoms with Gasteiger partial charge in [-0.2, -0.15) is 18.4 Å². The van der Waals surface area contributed by atoms with Crippen LogP contribution in [-0.4, -0.2) is 10.9 Å². The minimum absolute atomic E-state index is 0.0563. The van der Waals surface area contributed by atoms with Crippen molar-refractivity contribution in [3.8, 4) is 11.8 Å². The van der Waals surface area contributed by atoms with Crippen LogP contribution in [0.1, 0.15) is 16.8 Å². The predicted octanol–water partition coefficient (Wildman–Crippen LogP) is 5.23. The van der Waals surface area contributed by atoms with Crippen molar-refractivity contribution < 1.29 is 22.7 Å². The molecule has 0 aliphatic carbocycles. The molecule has 0 bridgehead atoms. The van der Waals surface area contributed by atoms with Crippen LogP contribution in [0.3, 0.4) is 0 Å². The summed E-state index contributed by atoms with van der Waals surface area (Å²) in [5, 5.41) is 11.6. The van der Waals surface area contributed by atoms with Gasteiger partial charge in [0.25, 0.3) is 5.91 Å². The number of rotatable bonds is 6. The molecule has 0 unspecified atom stereocenters. The van der Waals surface area contributed by atoms with Gasteiger partial charge in [-0.1, -0.05) is 24.3 Å². The molecule has 31 heavy (non-hydrogen) atoms. The lowest BCUT2D eigenvalue weighted by atomic mass is 10.1. The second-order valence-corrected chi connectivity index (χ2v) is 6.38. The highest BCUT2D eigenvalue weighted by molar-refractivity contribution is 6.09. The van der Waals surface area contributed by atoms with E-state index >= 15 is 0 Å². The van der Waals surface area contributed by atoms with Crippen LogP contribution in [-0.2, 0) is 17.6 Å². The molecule has 1 N–H and O–H groups in total. The number of carbonyl (C=O) groups excluding carboxylic acids is 1. The third-order valence-electron chi connectivity index (χ3n) is 4.12. The van der Waals surface area contributed by atoms with Crippen molar-refractivity contribution >= 4 is 17.7 Å². The molecule has 0 aliphatic rings. The van der Waals surface area contributed by atoms with Crippen LogP contribution in [0.15, 0.2) is 78.5 Å². The van der Waals surface area contributed by atoms with Gasteiger partial charge in [-0.3, -0.25) is 9.78 Å². The Morgan fingerprint density at radius 2 is 1.87 bits per heavy atom. The Morgan fingerprint density at radius 3 is 2.52 bits per heavy atom. The molecule has 1 aromatic heterocycles. The van der Waals surface area contributed by atoms with E-state index in [9.17, 15) is 23.2 Å². The average molecular weight is 423 g/mol. The molecule has 0 fully saturated rings. The topological polar surface area (TPSA) is 75.0 Å². The summed E-state index contributed by atoms with van der Waals surface area (Å²) in [7, 11) is 0. The summed E-state index contributed by atoms with van der Waals surface area (Å²) in [6.07, 6.45) is -1.53. The molecule has 3 rings (SSSR count). The van der Waals surface area contributed by atoms with E-state index in [2.05, 4.69) is 10.3 Å². The Morgan fingerprint density at radius 1 is 1.10 bits per heavy atom. The first-order valence-electron chi connectivity index (χ1n) is 9.08. The number of hydrogen-bond acceptors (Lipinski definition) is 4. The Balaban J connectivity index is 1.67. The van der Waals surface area contributed by atoms with Gasteiger partial charge >= 0.3 is 6.18 Å². The number of nitrogens with zero attached hydrogens (tertiary/aromatic N) is 2. The molecule has 1 amide bonds. The maximum Gasteiger partial charge on any atom is 0.416 e. The molecule has 0 saturated carbocycles. The van der Waals surface area contributed by atoms with E-state index in [1.165, 1.54) is 18.2 Å². The predicted molar refractivity (Wildman–Crippen MR) is 109 cm³/mol. The number of anilines is 1. The van der Waals surface area contributed by atoms with Crippen molar-refractivity contribution in [2.24, 2.45) is 0 Å². The summed E-state index contributed by atoms with van der Waals surface area (Å²) in [6.45, 7) is 0.291. The highest BCUT2D eigenvalue weighted by atomic mass is 19.4. The Labute approximate surface area is 176 Å². The molecule has 0 saturated heterocycles. The first kappa shape index (κ1) is 21.6. The molecule has 0 atom stereocenters. The lowest BCUT2D eigenvalue weighted by molar-refractivity contribution is -0.137. The van der Waals surface area contributed by atoms with Crippen molar-refractivity contribution in [2.75, 3.05) is 5.32 Å². The lowest BCUT2D eigenvalue weighted by Crippen LogP contribution is -2.14. The highest BCUT2D eigenvalue weighted by Crippen LogP contribution is 2.30. The summed E-state index contributed by atoms with van der Waals surface area (Å²) in [5.74, 6) is -0.230. The smallest absolute Gasteiger partial charge is 0.416 e. The lowest BCUT2D eigenvalue weighted by Gasteiger charge is -2.09. The fourth-order valence-electron chi connectivity index (χ4n) is 2.59. The van der Waals surface area contributed by atoms with Crippen LogP contribution >= 0.6 is 0 Å². The molecular formula is C23H16F3N3O2. The van der Waals surface area contributed by atoms with Gasteiger partial charge in [0.1, 0.15) is 24.0 Å². The number of hydrogen-bond donors (Lipinski definition) is 1. The minimum Gasteiger partial charge on any atom is -0.487 e. The van der Waals surface area contributed by atoms with Gasteiger partial charge < -0.3 is 10.1 Å². The van der Waals surface area contributed by atoms with Gasteiger partial charge in [-0.05, 0) is 54.1 Å². The maximum atomic E-state index is 12.8. The molecule has 5 nitrogen and oxygen atoms in total. The number of carbonyl (C=O) groups is 1. The fourth-order valence-corrected chi connectivity index (χ4v) is 2.59. The first-order chi connectivity index (χ1) is 14.8. The average Bonchev–Trinajstić information content (AvgIpc) is 2.77. The van der Waals surface area contributed by atoms with Crippen molar-refractivity contribution in [1.82, 2.24) is 4.98 Å². The van der Waals surface area contributed by atoms with Gasteiger partial charge in [0.05, 0.1) is 11.3 Å². The van der Waals surface area contributed by atoms with Crippen LogP contribution in [0.2, 0.25) is 0 Å². The highest BCUT2D eigenvalue weighted by Gasteiger charge is 2.30. The van der Waals surface area contributed by atoms with E-state index in [1.54, 1.807) is 42.6 Å². The van der Waals surface area contributed by atoms with Crippen LogP contribution in [0, 0.1) is 11.3 Å². The third kappa shape index (κ3) is 6.18. The summed E-state index contributed by atoms with van der Waals surface area (Å²) in [5.41, 5.74) is 0.123. The summed E-state index contributed by atoms with van der Waals surface area (Å²) < 4.78 is 44.1. The number of aromatic nitrogens is 1. The number of halogens is 3. The number of alkyl halides is 3. The molecule has 156 valence electrons. The van der Waals surface area contributed by atoms with Crippen LogP contribution in [0.4, 0.5) is 18.9 Å². The standard InChI is InChI=1S/C23H16F3N3O2/c24-23(25,26)18-4-3-6-19(13-18)29-22(30)17(14-27)12-16-7-9-21(10-8-16)31-15-20-5-1-2-11-28-20/h1-13H,15H2,(H,29,30)/b17-12+. The van der Waals surface area contributed by atoms with Crippen molar-refractivity contribution in [3.05, 3.63) is 95.3 Å². The van der Waals surface area contributed by atoms with E-state index in [1.807, 2.05) is 12.1 Å². The molecule has 2 aromatic carbocycles. The summed E-state index contributed by atoms with van der Waals surface area (Å²) in [6, 6.07) is 18.1. The number of amides is 1. The van der Waals surface area contributed by atoms with E-state index in [4.69, 9.17) is 4.74 Å². The summed E-state index contributed by atoms with van der Waals surface area (Å²) in [4.78, 5) is 16.5. The third-order valence-corrected chi connectivity index (χ3v) is 4.12. The van der Waals surface area contributed by atoms with Crippen LogP contribution in [0.25, 0.3) is 6.08 Å². The Kier molecular flexibility index (Phi) is 6.67. The number of pyridine rings is 1. The zero-order valence-corrected chi connectivity index (χ0v) is 16.1. The van der Waals surface area contributed by atoms with Crippen molar-refractivity contribution in [3.63, 3.8) is 0 Å². The molecule has 1 heterocycles. The number of benzene rings is 2. The largest absolute Gasteiger partial charge is 0.487 e. The zero-order chi connectivity index (χ0) is 22.3. The van der Waals surface area contributed by atoms with E-state index in [-0.39, 0.29) is 11.3 Å². The van der Waals surface area contributed by atoms with Gasteiger partial charge in [-0.25, -0.2) is 0 Å². The Bertz CT molecular complexity index is 1120. The molecule has 0 spiro atoms. The number of nitriles is 1. The second-order valence-electron chi connectivity index (χ2n) is 6.38. The van der Waals surface area contributed by atoms with E-state index in [0.717, 1.165) is 17.8 Å². The molecule has 8 heteroatoms. The molecule has 0 radical (unpaired) electrons. The van der Waals surface area contributed by atoms with Crippen LogP contribution < -0.4 is 10.1 Å². The van der Waals surface area contributed by atoms with Gasteiger partial charge in [0, 0.05) is 11.9 Å². The zero-order valence-electron chi connectivity index (χ0n) is 16.1. The van der Waals surface area contributed by atoms with Crippen molar-refractivity contribution in [2.45, 2.75) is 12.8 Å². The first-order valence-corrected chi connectivity index (χ1v) is 9.08. The Hall–Kier alpha value is -4.12. The fraction of sp³-hybridized carbons (Fsp3) is 0.0870. The van der Waals surface area contributed by atoms with Gasteiger partial charge in [-0.15, -0.1) is 0 Å². The normalized spacial score (nSPS) is 11.5. The quantitative estimate of drug-likeness (QED) is 0.435. The summed E-state index contributed by atoms with van der Waals surface area (Å²) >= 11 is 0. The number of nitrogens with one attached hydrogen (secondary N) is 1. The van der Waals surface area contributed by atoms with E-state index in [0.29, 0.717) is 17.9 Å². The maximum absolute atomic E-state index is 12.8. The molecular weight excluding hydrogens is 407 g/mol. The number of ether oxygens (including phenoxy) is 1. The molecule has 3 aromatic rings. The SMILES string of the molecule is N#C/C(=C\c1ccc(OCc2ccccn2)cc1)C(=O)Nc1cccc(C(F)(F)F)c1. The van der Waals surface area contributed by atoms with E-state index < -0.39 is 17.6 Å². The van der Waals surface area contributed by atoms with Gasteiger partial charge in [0.2, 0.25) is 0 Å². The molecule has 0 aliphatic heterocycles.